The molecule has 0 amide bonds. The Labute approximate surface area is 107 Å². The van der Waals surface area contributed by atoms with Gasteiger partial charge in [0.05, 0.1) is 26.7 Å². The molecule has 0 saturated heterocycles. The van der Waals surface area contributed by atoms with Crippen LogP contribution in [0, 0.1) is 0 Å². The number of esters is 1. The molecule has 0 fully saturated rings. The quantitative estimate of drug-likeness (QED) is 0.700. The molecule has 0 aromatic heterocycles. The molecule has 100 valence electrons. The molecule has 2 N–H and O–H groups in total. The lowest BCUT2D eigenvalue weighted by atomic mass is 10.2. The first-order chi connectivity index (χ1) is 8.65. The van der Waals surface area contributed by atoms with Gasteiger partial charge in [0.1, 0.15) is 5.75 Å². The summed E-state index contributed by atoms with van der Waals surface area (Å²) in [6, 6.07) is 7.64. The fourth-order valence-electron chi connectivity index (χ4n) is 1.47. The standard InChI is InChI=1S/C13H19NO4/c1-17-12-5-3-10(4-6-12)8-14-9-11(15)7-13(16)18-2/h3-6,11,14-15H,7-9H2,1-2H3. The first kappa shape index (κ1) is 14.5. The number of nitrogens with one attached hydrogen (secondary N) is 1. The van der Waals surface area contributed by atoms with Crippen molar-refractivity contribution in [1.82, 2.24) is 5.32 Å². The minimum atomic E-state index is -0.726. The lowest BCUT2D eigenvalue weighted by Crippen LogP contribution is -2.28. The number of aliphatic hydroxyl groups is 1. The smallest absolute Gasteiger partial charge is 0.308 e. The molecule has 0 bridgehead atoms. The van der Waals surface area contributed by atoms with Gasteiger partial charge in [-0.1, -0.05) is 12.1 Å². The molecule has 1 unspecified atom stereocenters. The zero-order valence-corrected chi connectivity index (χ0v) is 10.7. The Morgan fingerprint density at radius 2 is 2.00 bits per heavy atom. The first-order valence-corrected chi connectivity index (χ1v) is 5.74. The summed E-state index contributed by atoms with van der Waals surface area (Å²) in [5.74, 6) is 0.401. The highest BCUT2D eigenvalue weighted by Crippen LogP contribution is 2.10. The van der Waals surface area contributed by atoms with E-state index in [2.05, 4.69) is 10.1 Å². The maximum absolute atomic E-state index is 10.9. The Hall–Kier alpha value is -1.59. The molecule has 0 radical (unpaired) electrons. The van der Waals surface area contributed by atoms with E-state index in [0.29, 0.717) is 13.1 Å². The minimum Gasteiger partial charge on any atom is -0.497 e. The highest BCUT2D eigenvalue weighted by atomic mass is 16.5. The van der Waals surface area contributed by atoms with Crippen LogP contribution in [0.1, 0.15) is 12.0 Å². The van der Waals surface area contributed by atoms with Gasteiger partial charge >= 0.3 is 5.97 Å². The van der Waals surface area contributed by atoms with Gasteiger partial charge < -0.3 is 19.9 Å². The molecule has 18 heavy (non-hydrogen) atoms. The predicted octanol–water partition coefficient (Wildman–Crippen LogP) is 0.709. The second-order valence-corrected chi connectivity index (χ2v) is 3.91. The first-order valence-electron chi connectivity index (χ1n) is 5.74. The average Bonchev–Trinajstić information content (AvgIpc) is 2.39. The van der Waals surface area contributed by atoms with Gasteiger partial charge in [-0.05, 0) is 17.7 Å². The largest absolute Gasteiger partial charge is 0.497 e. The molecule has 0 aliphatic heterocycles. The van der Waals surface area contributed by atoms with Crippen LogP contribution < -0.4 is 10.1 Å². The van der Waals surface area contributed by atoms with E-state index < -0.39 is 12.1 Å². The van der Waals surface area contributed by atoms with Crippen LogP contribution in [0.15, 0.2) is 24.3 Å². The Morgan fingerprint density at radius 3 is 2.56 bits per heavy atom. The highest BCUT2D eigenvalue weighted by molar-refractivity contribution is 5.69. The van der Waals surface area contributed by atoms with Crippen LogP contribution in [0.25, 0.3) is 0 Å². The van der Waals surface area contributed by atoms with Gasteiger partial charge in [0.2, 0.25) is 0 Å². The van der Waals surface area contributed by atoms with Gasteiger partial charge in [0.25, 0.3) is 0 Å². The van der Waals surface area contributed by atoms with Crippen molar-refractivity contribution < 1.29 is 19.4 Å². The van der Waals surface area contributed by atoms with Crippen molar-refractivity contribution in [3.05, 3.63) is 29.8 Å². The van der Waals surface area contributed by atoms with Crippen LogP contribution in [0.2, 0.25) is 0 Å². The van der Waals surface area contributed by atoms with E-state index in [1.54, 1.807) is 7.11 Å². The number of hydrogen-bond acceptors (Lipinski definition) is 5. The molecule has 0 aliphatic carbocycles. The van der Waals surface area contributed by atoms with Crippen molar-refractivity contribution in [3.8, 4) is 5.75 Å². The molecule has 5 nitrogen and oxygen atoms in total. The summed E-state index contributed by atoms with van der Waals surface area (Å²) < 4.78 is 9.53. The molecule has 0 aliphatic rings. The number of rotatable bonds is 7. The van der Waals surface area contributed by atoms with E-state index in [0.717, 1.165) is 11.3 Å². The van der Waals surface area contributed by atoms with Crippen LogP contribution in [0.3, 0.4) is 0 Å². The topological polar surface area (TPSA) is 67.8 Å². The summed E-state index contributed by atoms with van der Waals surface area (Å²) >= 11 is 0. The second-order valence-electron chi connectivity index (χ2n) is 3.91. The van der Waals surface area contributed by atoms with E-state index >= 15 is 0 Å². The molecular formula is C13H19NO4. The monoisotopic (exact) mass is 253 g/mol. The van der Waals surface area contributed by atoms with E-state index in [1.165, 1.54) is 7.11 Å². The SMILES string of the molecule is COC(=O)CC(O)CNCc1ccc(OC)cc1. The van der Waals surface area contributed by atoms with Crippen molar-refractivity contribution >= 4 is 5.97 Å². The molecule has 5 heteroatoms. The molecular weight excluding hydrogens is 234 g/mol. The number of benzene rings is 1. The maximum atomic E-state index is 10.9. The van der Waals surface area contributed by atoms with Crippen LogP contribution in [0.4, 0.5) is 0 Å². The van der Waals surface area contributed by atoms with Gasteiger partial charge in [0.15, 0.2) is 0 Å². The fraction of sp³-hybridized carbons (Fsp3) is 0.462. The van der Waals surface area contributed by atoms with Crippen molar-refractivity contribution in [2.75, 3.05) is 20.8 Å². The number of ether oxygens (including phenoxy) is 2. The summed E-state index contributed by atoms with van der Waals surface area (Å²) in [4.78, 5) is 10.9. The van der Waals surface area contributed by atoms with E-state index in [-0.39, 0.29) is 6.42 Å². The minimum absolute atomic E-state index is 0.00606. The zero-order chi connectivity index (χ0) is 13.4. The van der Waals surface area contributed by atoms with Crippen molar-refractivity contribution in [1.29, 1.82) is 0 Å². The van der Waals surface area contributed by atoms with Gasteiger partial charge in [-0.3, -0.25) is 4.79 Å². The summed E-state index contributed by atoms with van der Waals surface area (Å²) in [5, 5.41) is 12.6. The van der Waals surface area contributed by atoms with E-state index in [4.69, 9.17) is 4.74 Å². The summed E-state index contributed by atoms with van der Waals surface area (Å²) in [7, 11) is 2.93. The molecule has 0 spiro atoms. The number of carbonyl (C=O) groups is 1. The molecule has 1 atom stereocenters. The Kier molecular flexibility index (Phi) is 6.18. The molecule has 1 aromatic rings. The highest BCUT2D eigenvalue weighted by Gasteiger charge is 2.10. The van der Waals surface area contributed by atoms with Crippen molar-refractivity contribution in [3.63, 3.8) is 0 Å². The Bertz CT molecular complexity index is 364. The lowest BCUT2D eigenvalue weighted by Gasteiger charge is -2.10. The summed E-state index contributed by atoms with van der Waals surface area (Å²) in [5.41, 5.74) is 1.08. The normalized spacial score (nSPS) is 11.9. The van der Waals surface area contributed by atoms with Crippen molar-refractivity contribution in [2.24, 2.45) is 0 Å². The van der Waals surface area contributed by atoms with Gasteiger partial charge in [0, 0.05) is 13.1 Å². The number of hydrogen-bond donors (Lipinski definition) is 2. The zero-order valence-electron chi connectivity index (χ0n) is 10.7. The maximum Gasteiger partial charge on any atom is 0.308 e. The molecule has 1 aromatic carbocycles. The third kappa shape index (κ3) is 5.16. The molecule has 0 saturated carbocycles. The van der Waals surface area contributed by atoms with Gasteiger partial charge in [-0.15, -0.1) is 0 Å². The third-order valence-electron chi connectivity index (χ3n) is 2.50. The second kappa shape index (κ2) is 7.68. The van der Waals surface area contributed by atoms with E-state index in [1.807, 2.05) is 24.3 Å². The van der Waals surface area contributed by atoms with Crippen LogP contribution in [-0.4, -0.2) is 37.9 Å². The van der Waals surface area contributed by atoms with Crippen LogP contribution in [-0.2, 0) is 16.1 Å². The Morgan fingerprint density at radius 1 is 1.33 bits per heavy atom. The van der Waals surface area contributed by atoms with Gasteiger partial charge in [-0.25, -0.2) is 0 Å². The number of methoxy groups -OCH3 is 2. The fourth-order valence-corrected chi connectivity index (χ4v) is 1.47. The number of aliphatic hydroxyl groups excluding tert-OH is 1. The average molecular weight is 253 g/mol. The predicted molar refractivity (Wildman–Crippen MR) is 67.3 cm³/mol. The van der Waals surface area contributed by atoms with Gasteiger partial charge in [-0.2, -0.15) is 0 Å². The van der Waals surface area contributed by atoms with Crippen LogP contribution in [0.5, 0.6) is 5.75 Å². The molecule has 1 rings (SSSR count). The van der Waals surface area contributed by atoms with Crippen molar-refractivity contribution in [2.45, 2.75) is 19.1 Å². The number of carbonyl (C=O) groups excluding carboxylic acids is 1. The summed E-state index contributed by atoms with van der Waals surface area (Å²) in [6.45, 7) is 0.976. The van der Waals surface area contributed by atoms with Crippen LogP contribution >= 0.6 is 0 Å². The Balaban J connectivity index is 2.26. The van der Waals surface area contributed by atoms with E-state index in [9.17, 15) is 9.90 Å². The summed E-state index contributed by atoms with van der Waals surface area (Å²) in [6.07, 6.45) is -0.720. The molecule has 0 heterocycles. The third-order valence-corrected chi connectivity index (χ3v) is 2.50. The lowest BCUT2D eigenvalue weighted by molar-refractivity contribution is -0.142.